The lowest BCUT2D eigenvalue weighted by Crippen LogP contribution is -2.18. The molecule has 0 aliphatic carbocycles. The van der Waals surface area contributed by atoms with Gasteiger partial charge in [0, 0.05) is 19.4 Å². The van der Waals surface area contributed by atoms with Gasteiger partial charge in [-0.3, -0.25) is 4.79 Å². The van der Waals surface area contributed by atoms with Crippen LogP contribution in [0.3, 0.4) is 0 Å². The van der Waals surface area contributed by atoms with Crippen molar-refractivity contribution in [2.75, 3.05) is 14.2 Å². The molecular formula is C22H29NO4. The fourth-order valence-corrected chi connectivity index (χ4v) is 2.36. The minimum atomic E-state index is -0.240. The fraction of sp³-hybridized carbons (Fsp3) is 0.273. The number of para-hydroxylation sites is 2. The second kappa shape index (κ2) is 10.8. The maximum absolute atomic E-state index is 11.3. The standard InChI is InChI=1S/C11H10O2.C9H11NO2.C2H6.H2/c1-7-8(2)11(12)13-10-6-4-3-5-9(7)10;1-10-9(11)7-5-3-4-6-8(7)12-2;1-2;/h3-6H,1-2H3;3-6H,1-2H3,(H,10,11);1-2H3;1H. The lowest BCUT2D eigenvalue weighted by Gasteiger charge is -2.05. The Labute approximate surface area is 161 Å². The van der Waals surface area contributed by atoms with Gasteiger partial charge in [0.15, 0.2) is 0 Å². The molecule has 27 heavy (non-hydrogen) atoms. The molecule has 1 aromatic heterocycles. The first-order valence-electron chi connectivity index (χ1n) is 8.83. The Hall–Kier alpha value is -3.08. The first-order valence-corrected chi connectivity index (χ1v) is 8.83. The number of ether oxygens (including phenoxy) is 1. The third-order valence-electron chi connectivity index (χ3n) is 3.94. The lowest BCUT2D eigenvalue weighted by atomic mass is 10.1. The highest BCUT2D eigenvalue weighted by Gasteiger charge is 2.08. The SMILES string of the molecule is CC.CNC(=O)c1ccccc1OC.Cc1c(C)c2ccccc2oc1=O.[HH]. The maximum atomic E-state index is 11.3. The van der Waals surface area contributed by atoms with Gasteiger partial charge < -0.3 is 14.5 Å². The average molecular weight is 371 g/mol. The zero-order valence-electron chi connectivity index (χ0n) is 16.8. The van der Waals surface area contributed by atoms with Gasteiger partial charge in [-0.15, -0.1) is 0 Å². The molecule has 0 fully saturated rings. The molecular weight excluding hydrogens is 342 g/mol. The van der Waals surface area contributed by atoms with E-state index in [1.807, 2.05) is 51.1 Å². The molecule has 0 saturated heterocycles. The summed E-state index contributed by atoms with van der Waals surface area (Å²) >= 11 is 0. The van der Waals surface area contributed by atoms with Crippen molar-refractivity contribution >= 4 is 16.9 Å². The van der Waals surface area contributed by atoms with E-state index in [9.17, 15) is 9.59 Å². The van der Waals surface area contributed by atoms with Gasteiger partial charge in [0.1, 0.15) is 11.3 Å². The molecule has 1 amide bonds. The first-order chi connectivity index (χ1) is 13.0. The molecule has 146 valence electrons. The minimum absolute atomic E-state index is 0. The molecule has 0 saturated carbocycles. The number of fused-ring (bicyclic) bond motifs is 1. The third-order valence-corrected chi connectivity index (χ3v) is 3.94. The van der Waals surface area contributed by atoms with E-state index in [0.29, 0.717) is 22.5 Å². The molecule has 5 heteroatoms. The molecule has 0 atom stereocenters. The highest BCUT2D eigenvalue weighted by Crippen LogP contribution is 2.18. The Morgan fingerprint density at radius 2 is 1.59 bits per heavy atom. The van der Waals surface area contributed by atoms with Crippen LogP contribution in [0.5, 0.6) is 5.75 Å². The van der Waals surface area contributed by atoms with Crippen molar-refractivity contribution in [1.82, 2.24) is 5.32 Å². The summed E-state index contributed by atoms with van der Waals surface area (Å²) in [5, 5.41) is 3.55. The summed E-state index contributed by atoms with van der Waals surface area (Å²) in [7, 11) is 3.14. The van der Waals surface area contributed by atoms with E-state index in [-0.39, 0.29) is 13.0 Å². The van der Waals surface area contributed by atoms with Gasteiger partial charge in [0.2, 0.25) is 0 Å². The van der Waals surface area contributed by atoms with Crippen LogP contribution in [-0.2, 0) is 0 Å². The van der Waals surface area contributed by atoms with Gasteiger partial charge in [0.25, 0.3) is 5.91 Å². The smallest absolute Gasteiger partial charge is 0.339 e. The summed E-state index contributed by atoms with van der Waals surface area (Å²) in [5.74, 6) is 0.462. The summed E-state index contributed by atoms with van der Waals surface area (Å²) in [6, 6.07) is 14.7. The predicted octanol–water partition coefficient (Wildman–Crippen LogP) is 4.74. The molecule has 0 unspecified atom stereocenters. The monoisotopic (exact) mass is 371 g/mol. The summed E-state index contributed by atoms with van der Waals surface area (Å²) in [6.45, 7) is 7.72. The molecule has 1 heterocycles. The van der Waals surface area contributed by atoms with Gasteiger partial charge in [-0.25, -0.2) is 4.79 Å². The van der Waals surface area contributed by atoms with Crippen LogP contribution in [0.1, 0.15) is 36.8 Å². The molecule has 3 rings (SSSR count). The van der Waals surface area contributed by atoms with Crippen molar-refractivity contribution in [2.45, 2.75) is 27.7 Å². The number of hydrogen-bond acceptors (Lipinski definition) is 4. The van der Waals surface area contributed by atoms with E-state index in [1.54, 1.807) is 39.3 Å². The molecule has 0 bridgehead atoms. The molecule has 5 nitrogen and oxygen atoms in total. The topological polar surface area (TPSA) is 68.5 Å². The van der Waals surface area contributed by atoms with Crippen LogP contribution >= 0.6 is 0 Å². The zero-order chi connectivity index (χ0) is 20.4. The molecule has 0 aliphatic heterocycles. The number of aryl methyl sites for hydroxylation is 1. The van der Waals surface area contributed by atoms with E-state index in [4.69, 9.17) is 9.15 Å². The molecule has 0 spiro atoms. The zero-order valence-corrected chi connectivity index (χ0v) is 16.8. The van der Waals surface area contributed by atoms with E-state index in [1.165, 1.54) is 0 Å². The van der Waals surface area contributed by atoms with Crippen LogP contribution in [0.15, 0.2) is 57.7 Å². The van der Waals surface area contributed by atoms with Crippen molar-refractivity contribution in [2.24, 2.45) is 0 Å². The molecule has 1 N–H and O–H groups in total. The van der Waals surface area contributed by atoms with Gasteiger partial charge in [-0.2, -0.15) is 0 Å². The average Bonchev–Trinajstić information content (AvgIpc) is 2.73. The van der Waals surface area contributed by atoms with Gasteiger partial charge in [-0.1, -0.05) is 44.2 Å². The van der Waals surface area contributed by atoms with Crippen molar-refractivity contribution < 1.29 is 15.4 Å². The number of carbonyl (C=O) groups excluding carboxylic acids is 1. The van der Waals surface area contributed by atoms with E-state index in [0.717, 1.165) is 10.9 Å². The number of benzene rings is 2. The predicted molar refractivity (Wildman–Crippen MR) is 112 cm³/mol. The lowest BCUT2D eigenvalue weighted by molar-refractivity contribution is 0.0960. The number of nitrogens with one attached hydrogen (secondary N) is 1. The Bertz CT molecular complexity index is 951. The third kappa shape index (κ3) is 5.45. The van der Waals surface area contributed by atoms with Crippen molar-refractivity contribution in [1.29, 1.82) is 0 Å². The molecule has 3 aromatic rings. The highest BCUT2D eigenvalue weighted by molar-refractivity contribution is 5.96. The van der Waals surface area contributed by atoms with Crippen molar-refractivity contribution in [3.8, 4) is 5.75 Å². The molecule has 2 aromatic carbocycles. The summed E-state index contributed by atoms with van der Waals surface area (Å²) in [4.78, 5) is 22.5. The number of rotatable bonds is 2. The second-order valence-corrected chi connectivity index (χ2v) is 5.42. The number of hydrogen-bond donors (Lipinski definition) is 1. The maximum Gasteiger partial charge on any atom is 0.339 e. The van der Waals surface area contributed by atoms with Crippen LogP contribution in [0.2, 0.25) is 0 Å². The quantitative estimate of drug-likeness (QED) is 0.661. The van der Waals surface area contributed by atoms with Gasteiger partial charge >= 0.3 is 5.63 Å². The fourth-order valence-electron chi connectivity index (χ4n) is 2.36. The van der Waals surface area contributed by atoms with E-state index >= 15 is 0 Å². The van der Waals surface area contributed by atoms with Crippen LogP contribution < -0.4 is 15.7 Å². The Balaban J connectivity index is 0.000000465. The normalized spacial score (nSPS) is 9.41. The summed E-state index contributed by atoms with van der Waals surface area (Å²) in [5.41, 5.74) is 2.68. The van der Waals surface area contributed by atoms with Crippen molar-refractivity contribution in [3.63, 3.8) is 0 Å². The summed E-state index contributed by atoms with van der Waals surface area (Å²) < 4.78 is 10.1. The second-order valence-electron chi connectivity index (χ2n) is 5.42. The Morgan fingerprint density at radius 3 is 2.22 bits per heavy atom. The largest absolute Gasteiger partial charge is 0.496 e. The molecule has 0 aliphatic rings. The Kier molecular flexibility index (Phi) is 8.79. The number of methoxy groups -OCH3 is 1. The van der Waals surface area contributed by atoms with Crippen molar-refractivity contribution in [3.05, 3.63) is 75.6 Å². The van der Waals surface area contributed by atoms with E-state index < -0.39 is 0 Å². The molecule has 0 radical (unpaired) electrons. The van der Waals surface area contributed by atoms with Crippen LogP contribution in [-0.4, -0.2) is 20.1 Å². The highest BCUT2D eigenvalue weighted by atomic mass is 16.5. The van der Waals surface area contributed by atoms with Crippen LogP contribution in [0, 0.1) is 13.8 Å². The number of amides is 1. The Morgan fingerprint density at radius 1 is 1.00 bits per heavy atom. The van der Waals surface area contributed by atoms with Crippen LogP contribution in [0.4, 0.5) is 0 Å². The van der Waals surface area contributed by atoms with Gasteiger partial charge in [0.05, 0.1) is 12.7 Å². The van der Waals surface area contributed by atoms with Crippen LogP contribution in [0.25, 0.3) is 11.0 Å². The first kappa shape index (κ1) is 22.0. The minimum Gasteiger partial charge on any atom is -0.496 e. The van der Waals surface area contributed by atoms with Gasteiger partial charge in [-0.05, 0) is 37.6 Å². The number of carbonyl (C=O) groups is 1. The summed E-state index contributed by atoms with van der Waals surface area (Å²) in [6.07, 6.45) is 0. The van der Waals surface area contributed by atoms with E-state index in [2.05, 4.69) is 5.32 Å².